The van der Waals surface area contributed by atoms with E-state index < -0.39 is 0 Å². The number of hydrogen-bond donors (Lipinski definition) is 2. The third-order valence-corrected chi connectivity index (χ3v) is 3.34. The Kier molecular flexibility index (Phi) is 10.1. The minimum absolute atomic E-state index is 0. The van der Waals surface area contributed by atoms with Crippen LogP contribution in [0.4, 0.5) is 0 Å². The van der Waals surface area contributed by atoms with E-state index in [-0.39, 0.29) is 24.0 Å². The smallest absolute Gasteiger partial charge is 0.188 e. The van der Waals surface area contributed by atoms with Gasteiger partial charge in [-0.1, -0.05) is 31.5 Å². The quantitative estimate of drug-likeness (QED) is 0.257. The van der Waals surface area contributed by atoms with E-state index in [2.05, 4.69) is 55.3 Å². The van der Waals surface area contributed by atoms with Crippen molar-refractivity contribution in [2.75, 3.05) is 18.8 Å². The van der Waals surface area contributed by atoms with Crippen LogP contribution in [-0.2, 0) is 0 Å². The van der Waals surface area contributed by atoms with Crippen LogP contribution >= 0.6 is 35.7 Å². The zero-order valence-electron chi connectivity index (χ0n) is 11.8. The van der Waals surface area contributed by atoms with Crippen molar-refractivity contribution in [3.05, 3.63) is 29.8 Å². The average Bonchev–Trinajstić information content (AvgIpc) is 2.34. The fraction of sp³-hybridized carbons (Fsp3) is 0.500. The predicted molar refractivity (Wildman–Crippen MR) is 96.6 cm³/mol. The molecule has 0 saturated heterocycles. The highest BCUT2D eigenvalue weighted by Gasteiger charge is 1.96. The van der Waals surface area contributed by atoms with Crippen molar-refractivity contribution in [1.82, 2.24) is 5.32 Å². The molecule has 0 spiro atoms. The van der Waals surface area contributed by atoms with Crippen molar-refractivity contribution in [2.24, 2.45) is 16.6 Å². The second-order valence-electron chi connectivity index (χ2n) is 4.71. The van der Waals surface area contributed by atoms with Crippen LogP contribution in [-0.4, -0.2) is 24.8 Å². The molecule has 0 aliphatic rings. The maximum Gasteiger partial charge on any atom is 0.188 e. The van der Waals surface area contributed by atoms with Crippen LogP contribution < -0.4 is 11.1 Å². The van der Waals surface area contributed by atoms with Crippen LogP contribution in [0.25, 0.3) is 0 Å². The summed E-state index contributed by atoms with van der Waals surface area (Å²) in [5.74, 6) is 2.08. The minimum Gasteiger partial charge on any atom is -0.370 e. The lowest BCUT2D eigenvalue weighted by Gasteiger charge is -2.06. The number of rotatable bonds is 6. The van der Waals surface area contributed by atoms with Gasteiger partial charge in [-0.15, -0.1) is 35.7 Å². The lowest BCUT2D eigenvalue weighted by atomic mass is 10.2. The standard InChI is InChI=1S/C14H23N3S.HI/c1-11(2)10-17-14(15)16-8-9-18-13-6-4-12(3)5-7-13;/h4-7,11H,8-10H2,1-3H3,(H3,15,16,17);1H. The van der Waals surface area contributed by atoms with Gasteiger partial charge in [-0.2, -0.15) is 0 Å². The molecule has 0 atom stereocenters. The molecule has 108 valence electrons. The third kappa shape index (κ3) is 9.15. The number of halogens is 1. The summed E-state index contributed by atoms with van der Waals surface area (Å²) in [6.45, 7) is 7.98. The lowest BCUT2D eigenvalue weighted by molar-refractivity contribution is 0.662. The number of nitrogens with two attached hydrogens (primary N) is 1. The van der Waals surface area contributed by atoms with Crippen LogP contribution in [0.5, 0.6) is 0 Å². The number of aliphatic imine (C=N–C) groups is 1. The van der Waals surface area contributed by atoms with Crippen LogP contribution in [0, 0.1) is 12.8 Å². The fourth-order valence-electron chi connectivity index (χ4n) is 1.32. The Hall–Kier alpha value is -0.430. The van der Waals surface area contributed by atoms with Crippen LogP contribution in [0.1, 0.15) is 19.4 Å². The molecular weight excluding hydrogens is 369 g/mol. The van der Waals surface area contributed by atoms with Crippen LogP contribution in [0.15, 0.2) is 34.2 Å². The molecule has 19 heavy (non-hydrogen) atoms. The summed E-state index contributed by atoms with van der Waals surface area (Å²) < 4.78 is 0. The summed E-state index contributed by atoms with van der Waals surface area (Å²) in [5, 5.41) is 3.13. The molecule has 0 bridgehead atoms. The Morgan fingerprint density at radius 3 is 2.53 bits per heavy atom. The van der Waals surface area contributed by atoms with Crippen molar-refractivity contribution in [3.8, 4) is 0 Å². The summed E-state index contributed by atoms with van der Waals surface area (Å²) in [6, 6.07) is 8.56. The molecule has 0 amide bonds. The average molecular weight is 393 g/mol. The molecule has 1 aromatic rings. The van der Waals surface area contributed by atoms with Crippen LogP contribution in [0.3, 0.4) is 0 Å². The molecule has 3 N–H and O–H groups in total. The second kappa shape index (κ2) is 10.4. The number of benzene rings is 1. The number of aryl methyl sites for hydroxylation is 1. The fourth-order valence-corrected chi connectivity index (χ4v) is 2.09. The van der Waals surface area contributed by atoms with Crippen molar-refractivity contribution in [1.29, 1.82) is 0 Å². The first-order valence-electron chi connectivity index (χ1n) is 6.31. The van der Waals surface area contributed by atoms with E-state index in [1.54, 1.807) is 0 Å². The van der Waals surface area contributed by atoms with Crippen LogP contribution in [0.2, 0.25) is 0 Å². The maximum absolute atomic E-state index is 5.75. The number of nitrogens with zero attached hydrogens (tertiary/aromatic N) is 1. The maximum atomic E-state index is 5.75. The molecule has 5 heteroatoms. The van der Waals surface area contributed by atoms with E-state index in [1.165, 1.54) is 10.5 Å². The predicted octanol–water partition coefficient (Wildman–Crippen LogP) is 3.27. The molecule has 0 heterocycles. The van der Waals surface area contributed by atoms with E-state index >= 15 is 0 Å². The molecule has 0 aromatic heterocycles. The van der Waals surface area contributed by atoms with Crippen molar-refractivity contribution < 1.29 is 0 Å². The van der Waals surface area contributed by atoms with Gasteiger partial charge in [-0.25, -0.2) is 0 Å². The van der Waals surface area contributed by atoms with Crippen molar-refractivity contribution in [2.45, 2.75) is 25.7 Å². The highest BCUT2D eigenvalue weighted by Crippen LogP contribution is 2.17. The highest BCUT2D eigenvalue weighted by molar-refractivity contribution is 14.0. The number of thioether (sulfide) groups is 1. The summed E-state index contributed by atoms with van der Waals surface area (Å²) >= 11 is 1.82. The number of nitrogens with one attached hydrogen (secondary N) is 1. The van der Waals surface area contributed by atoms with Gasteiger partial charge in [0.25, 0.3) is 0 Å². The molecule has 0 aliphatic heterocycles. The Morgan fingerprint density at radius 2 is 1.95 bits per heavy atom. The number of guanidine groups is 1. The van der Waals surface area contributed by atoms with Gasteiger partial charge in [0.15, 0.2) is 5.96 Å². The van der Waals surface area contributed by atoms with Crippen molar-refractivity contribution >= 4 is 41.7 Å². The van der Waals surface area contributed by atoms with Gasteiger partial charge in [-0.05, 0) is 25.0 Å². The van der Waals surface area contributed by atoms with Gasteiger partial charge >= 0.3 is 0 Å². The summed E-state index contributed by atoms with van der Waals surface area (Å²) in [4.78, 5) is 5.55. The van der Waals surface area contributed by atoms with Gasteiger partial charge in [0.05, 0.1) is 0 Å². The Labute approximate surface area is 137 Å². The van der Waals surface area contributed by atoms with Gasteiger partial charge in [0.2, 0.25) is 0 Å². The SMILES string of the molecule is Cc1ccc(SCCNC(N)=NCC(C)C)cc1.I. The number of hydrogen-bond acceptors (Lipinski definition) is 2. The van der Waals surface area contributed by atoms with E-state index in [9.17, 15) is 0 Å². The molecule has 0 radical (unpaired) electrons. The largest absolute Gasteiger partial charge is 0.370 e. The van der Waals surface area contributed by atoms with E-state index in [4.69, 9.17) is 5.73 Å². The molecule has 1 aromatic carbocycles. The first-order valence-corrected chi connectivity index (χ1v) is 7.29. The topological polar surface area (TPSA) is 50.4 Å². The Morgan fingerprint density at radius 1 is 1.32 bits per heavy atom. The first-order chi connectivity index (χ1) is 8.58. The van der Waals surface area contributed by atoms with E-state index in [0.717, 1.165) is 18.8 Å². The monoisotopic (exact) mass is 393 g/mol. The van der Waals surface area contributed by atoms with E-state index in [1.807, 2.05) is 11.8 Å². The third-order valence-electron chi connectivity index (χ3n) is 2.32. The van der Waals surface area contributed by atoms with Gasteiger partial charge < -0.3 is 11.1 Å². The normalized spacial score (nSPS) is 11.3. The molecular formula is C14H24IN3S. The summed E-state index contributed by atoms with van der Waals surface area (Å²) in [6.07, 6.45) is 0. The Balaban J connectivity index is 0.00000324. The first kappa shape index (κ1) is 18.6. The molecule has 1 rings (SSSR count). The second-order valence-corrected chi connectivity index (χ2v) is 5.88. The van der Waals surface area contributed by atoms with Gasteiger partial charge in [0.1, 0.15) is 0 Å². The van der Waals surface area contributed by atoms with Gasteiger partial charge in [0, 0.05) is 23.7 Å². The zero-order chi connectivity index (χ0) is 13.4. The van der Waals surface area contributed by atoms with Gasteiger partial charge in [-0.3, -0.25) is 4.99 Å². The minimum atomic E-state index is 0. The molecule has 0 aliphatic carbocycles. The highest BCUT2D eigenvalue weighted by atomic mass is 127. The summed E-state index contributed by atoms with van der Waals surface area (Å²) in [7, 11) is 0. The molecule has 0 unspecified atom stereocenters. The van der Waals surface area contributed by atoms with Crippen molar-refractivity contribution in [3.63, 3.8) is 0 Å². The molecule has 3 nitrogen and oxygen atoms in total. The Bertz CT molecular complexity index is 377. The summed E-state index contributed by atoms with van der Waals surface area (Å²) in [5.41, 5.74) is 7.04. The molecule has 0 saturated carbocycles. The zero-order valence-corrected chi connectivity index (χ0v) is 15.0. The van der Waals surface area contributed by atoms with E-state index in [0.29, 0.717) is 11.9 Å². The molecule has 0 fully saturated rings. The lowest BCUT2D eigenvalue weighted by Crippen LogP contribution is -2.33.